The monoisotopic (exact) mass is 349 g/mol. The minimum Gasteiger partial charge on any atom is -0.349 e. The van der Waals surface area contributed by atoms with Crippen molar-refractivity contribution in [2.75, 3.05) is 0 Å². The van der Waals surface area contributed by atoms with Gasteiger partial charge in [-0.3, -0.25) is 4.79 Å². The second kappa shape index (κ2) is 8.50. The predicted octanol–water partition coefficient (Wildman–Crippen LogP) is 4.92. The Morgan fingerprint density at radius 2 is 1.24 bits per heavy atom. The van der Waals surface area contributed by atoms with Crippen molar-refractivity contribution >= 4 is 17.5 Å². The third-order valence-electron chi connectivity index (χ3n) is 4.10. The van der Waals surface area contributed by atoms with Gasteiger partial charge in [-0.2, -0.15) is 0 Å². The quantitative estimate of drug-likeness (QED) is 0.672. The lowest BCUT2D eigenvalue weighted by molar-refractivity contribution is 0.0937. The van der Waals surface area contributed by atoms with Gasteiger partial charge in [0.15, 0.2) is 0 Å². The van der Waals surface area contributed by atoms with Gasteiger partial charge in [0, 0.05) is 6.04 Å². The second-order valence-corrected chi connectivity index (χ2v) is 6.44. The normalized spacial score (nSPS) is 10.6. The van der Waals surface area contributed by atoms with Crippen LogP contribution in [0.25, 0.3) is 0 Å². The van der Waals surface area contributed by atoms with E-state index in [0.717, 1.165) is 12.8 Å². The van der Waals surface area contributed by atoms with Gasteiger partial charge in [-0.05, 0) is 36.1 Å². The Hall–Kier alpha value is -2.58. The molecule has 0 bridgehead atoms. The molecule has 0 atom stereocenters. The molecule has 0 aliphatic heterocycles. The predicted molar refractivity (Wildman–Crippen MR) is 103 cm³/mol. The zero-order valence-electron chi connectivity index (χ0n) is 13.9. The molecule has 0 aliphatic rings. The number of carbonyl (C=O) groups excluding carboxylic acids is 1. The molecule has 2 nitrogen and oxygen atoms in total. The molecule has 0 saturated carbocycles. The molecular formula is C22H20ClNO. The lowest BCUT2D eigenvalue weighted by Gasteiger charge is -2.20. The van der Waals surface area contributed by atoms with Crippen molar-refractivity contribution in [1.82, 2.24) is 5.32 Å². The molecule has 1 N–H and O–H groups in total. The Kier molecular flexibility index (Phi) is 5.86. The van der Waals surface area contributed by atoms with E-state index in [1.807, 2.05) is 48.5 Å². The maximum atomic E-state index is 12.7. The van der Waals surface area contributed by atoms with E-state index in [2.05, 4.69) is 29.6 Å². The first-order valence-corrected chi connectivity index (χ1v) is 8.73. The van der Waals surface area contributed by atoms with Crippen LogP contribution in [0, 0.1) is 0 Å². The van der Waals surface area contributed by atoms with Crippen LogP contribution in [0.3, 0.4) is 0 Å². The largest absolute Gasteiger partial charge is 0.349 e. The van der Waals surface area contributed by atoms with Crippen LogP contribution in [0.1, 0.15) is 21.5 Å². The summed E-state index contributed by atoms with van der Waals surface area (Å²) in [5.74, 6) is -0.137. The number of hydrogen-bond donors (Lipinski definition) is 1. The molecule has 0 unspecified atom stereocenters. The average molecular weight is 350 g/mol. The number of benzene rings is 3. The molecule has 3 aromatic carbocycles. The molecule has 0 spiro atoms. The van der Waals surface area contributed by atoms with Crippen LogP contribution >= 0.6 is 11.6 Å². The number of amides is 1. The highest BCUT2D eigenvalue weighted by Gasteiger charge is 2.17. The van der Waals surface area contributed by atoms with Crippen LogP contribution < -0.4 is 5.32 Å². The minimum atomic E-state index is -0.137. The van der Waals surface area contributed by atoms with E-state index in [9.17, 15) is 4.79 Å². The molecule has 0 aromatic heterocycles. The van der Waals surface area contributed by atoms with Gasteiger partial charge in [0.25, 0.3) is 5.91 Å². The summed E-state index contributed by atoms with van der Waals surface area (Å²) in [6, 6.07) is 27.5. The smallest absolute Gasteiger partial charge is 0.253 e. The van der Waals surface area contributed by atoms with Gasteiger partial charge in [0.2, 0.25) is 0 Å². The molecule has 3 heteroatoms. The van der Waals surface area contributed by atoms with Gasteiger partial charge in [0.05, 0.1) is 10.6 Å². The molecule has 25 heavy (non-hydrogen) atoms. The molecule has 3 rings (SSSR count). The van der Waals surface area contributed by atoms with Crippen LogP contribution in [0.15, 0.2) is 84.9 Å². The Labute approximate surface area is 153 Å². The maximum absolute atomic E-state index is 12.7. The lowest BCUT2D eigenvalue weighted by atomic mass is 9.98. The Morgan fingerprint density at radius 3 is 1.76 bits per heavy atom. The number of rotatable bonds is 6. The van der Waals surface area contributed by atoms with Crippen LogP contribution in [0.4, 0.5) is 0 Å². The third kappa shape index (κ3) is 4.94. The van der Waals surface area contributed by atoms with E-state index in [-0.39, 0.29) is 11.9 Å². The second-order valence-electron chi connectivity index (χ2n) is 6.03. The Bertz CT molecular complexity index is 776. The van der Waals surface area contributed by atoms with E-state index in [1.165, 1.54) is 11.1 Å². The fraction of sp³-hybridized carbons (Fsp3) is 0.136. The zero-order valence-corrected chi connectivity index (χ0v) is 14.6. The van der Waals surface area contributed by atoms with Crippen LogP contribution in [0.2, 0.25) is 5.02 Å². The van der Waals surface area contributed by atoms with Crippen molar-refractivity contribution in [3.63, 3.8) is 0 Å². The van der Waals surface area contributed by atoms with Crippen molar-refractivity contribution in [3.05, 3.63) is 107 Å². The summed E-state index contributed by atoms with van der Waals surface area (Å²) in [5, 5.41) is 3.62. The fourth-order valence-electron chi connectivity index (χ4n) is 2.88. The van der Waals surface area contributed by atoms with Crippen molar-refractivity contribution in [3.8, 4) is 0 Å². The molecule has 0 fully saturated rings. The molecule has 0 heterocycles. The lowest BCUT2D eigenvalue weighted by Crippen LogP contribution is -2.38. The summed E-state index contributed by atoms with van der Waals surface area (Å²) in [4.78, 5) is 12.7. The van der Waals surface area contributed by atoms with Crippen LogP contribution in [-0.4, -0.2) is 11.9 Å². The number of nitrogens with one attached hydrogen (secondary N) is 1. The standard InChI is InChI=1S/C22H20ClNO/c23-21-14-8-7-13-20(21)22(25)24-19(15-17-9-3-1-4-10-17)16-18-11-5-2-6-12-18/h1-14,19H,15-16H2,(H,24,25). The van der Waals surface area contributed by atoms with Crippen molar-refractivity contribution in [2.24, 2.45) is 0 Å². The molecule has 3 aromatic rings. The summed E-state index contributed by atoms with van der Waals surface area (Å²) in [6.07, 6.45) is 1.54. The number of carbonyl (C=O) groups is 1. The highest BCUT2D eigenvalue weighted by atomic mass is 35.5. The van der Waals surface area contributed by atoms with E-state index in [4.69, 9.17) is 11.6 Å². The topological polar surface area (TPSA) is 29.1 Å². The number of halogens is 1. The van der Waals surface area contributed by atoms with Gasteiger partial charge in [-0.15, -0.1) is 0 Å². The Balaban J connectivity index is 1.78. The van der Waals surface area contributed by atoms with Crippen LogP contribution in [0.5, 0.6) is 0 Å². The van der Waals surface area contributed by atoms with Crippen molar-refractivity contribution in [2.45, 2.75) is 18.9 Å². The van der Waals surface area contributed by atoms with Crippen LogP contribution in [-0.2, 0) is 12.8 Å². The SMILES string of the molecule is O=C(NC(Cc1ccccc1)Cc1ccccc1)c1ccccc1Cl. The first kappa shape index (κ1) is 17.2. The molecule has 126 valence electrons. The molecule has 0 saturated heterocycles. The summed E-state index contributed by atoms with van der Waals surface area (Å²) < 4.78 is 0. The highest BCUT2D eigenvalue weighted by Crippen LogP contribution is 2.16. The maximum Gasteiger partial charge on any atom is 0.253 e. The van der Waals surface area contributed by atoms with Gasteiger partial charge in [-0.25, -0.2) is 0 Å². The van der Waals surface area contributed by atoms with Crippen molar-refractivity contribution in [1.29, 1.82) is 0 Å². The van der Waals surface area contributed by atoms with Gasteiger partial charge in [0.1, 0.15) is 0 Å². The van der Waals surface area contributed by atoms with E-state index >= 15 is 0 Å². The summed E-state index contributed by atoms with van der Waals surface area (Å²) >= 11 is 6.16. The first-order valence-electron chi connectivity index (χ1n) is 8.35. The third-order valence-corrected chi connectivity index (χ3v) is 4.43. The average Bonchev–Trinajstić information content (AvgIpc) is 2.63. The minimum absolute atomic E-state index is 0.00595. The molecule has 0 radical (unpaired) electrons. The zero-order chi connectivity index (χ0) is 17.5. The van der Waals surface area contributed by atoms with E-state index in [1.54, 1.807) is 12.1 Å². The van der Waals surface area contributed by atoms with Gasteiger partial charge in [-0.1, -0.05) is 84.4 Å². The number of hydrogen-bond acceptors (Lipinski definition) is 1. The molecule has 0 aliphatic carbocycles. The van der Waals surface area contributed by atoms with E-state index < -0.39 is 0 Å². The molecule has 1 amide bonds. The van der Waals surface area contributed by atoms with Gasteiger partial charge >= 0.3 is 0 Å². The molecular weight excluding hydrogens is 330 g/mol. The van der Waals surface area contributed by atoms with E-state index in [0.29, 0.717) is 10.6 Å². The summed E-state index contributed by atoms with van der Waals surface area (Å²) in [7, 11) is 0. The van der Waals surface area contributed by atoms with Crippen molar-refractivity contribution < 1.29 is 4.79 Å². The highest BCUT2D eigenvalue weighted by molar-refractivity contribution is 6.33. The Morgan fingerprint density at radius 1 is 0.760 bits per heavy atom. The van der Waals surface area contributed by atoms with Gasteiger partial charge < -0.3 is 5.32 Å². The summed E-state index contributed by atoms with van der Waals surface area (Å²) in [5.41, 5.74) is 2.90. The summed E-state index contributed by atoms with van der Waals surface area (Å²) in [6.45, 7) is 0. The fourth-order valence-corrected chi connectivity index (χ4v) is 3.10. The first-order chi connectivity index (χ1) is 12.2.